The van der Waals surface area contributed by atoms with Crippen molar-refractivity contribution in [3.05, 3.63) is 29.8 Å². The highest BCUT2D eigenvalue weighted by Gasteiger charge is 2.04. The third kappa shape index (κ3) is 4.65. The van der Waals surface area contributed by atoms with Crippen molar-refractivity contribution in [2.75, 3.05) is 11.9 Å². The molecule has 0 aliphatic rings. The van der Waals surface area contributed by atoms with E-state index < -0.39 is 12.0 Å². The fourth-order valence-electron chi connectivity index (χ4n) is 1.22. The number of aromatic carboxylic acids is 1. The lowest BCUT2D eigenvalue weighted by Crippen LogP contribution is -2.30. The molecule has 0 heterocycles. The van der Waals surface area contributed by atoms with E-state index in [1.165, 1.54) is 31.2 Å². The first-order valence-electron chi connectivity index (χ1n) is 5.36. The van der Waals surface area contributed by atoms with Crippen molar-refractivity contribution >= 4 is 23.5 Å². The van der Waals surface area contributed by atoms with E-state index >= 15 is 0 Å². The minimum Gasteiger partial charge on any atom is -0.478 e. The zero-order chi connectivity index (χ0) is 13.5. The zero-order valence-corrected chi connectivity index (χ0v) is 9.90. The summed E-state index contributed by atoms with van der Waals surface area (Å²) < 4.78 is 0. The summed E-state index contributed by atoms with van der Waals surface area (Å²) in [5.41, 5.74) is 0.637. The maximum Gasteiger partial charge on any atom is 0.335 e. The van der Waals surface area contributed by atoms with Crippen LogP contribution in [0, 0.1) is 0 Å². The largest absolute Gasteiger partial charge is 0.478 e. The van der Waals surface area contributed by atoms with E-state index in [1.807, 2.05) is 0 Å². The molecule has 0 atom stereocenters. The Morgan fingerprint density at radius 2 is 1.78 bits per heavy atom. The predicted molar refractivity (Wildman–Crippen MR) is 65.7 cm³/mol. The van der Waals surface area contributed by atoms with E-state index in [0.29, 0.717) is 5.69 Å². The molecule has 96 valence electrons. The van der Waals surface area contributed by atoms with Gasteiger partial charge >= 0.3 is 12.0 Å². The smallest absolute Gasteiger partial charge is 0.335 e. The van der Waals surface area contributed by atoms with Crippen molar-refractivity contribution < 1.29 is 19.5 Å². The summed E-state index contributed by atoms with van der Waals surface area (Å²) >= 11 is 0. The predicted octanol–water partition coefficient (Wildman–Crippen LogP) is 1.49. The maximum atomic E-state index is 11.4. The molecule has 0 radical (unpaired) electrons. The molecule has 0 unspecified atom stereocenters. The number of Topliss-reactive ketones (excluding diaryl/α,β-unsaturated/α-hetero) is 1. The molecule has 2 amide bonds. The van der Waals surface area contributed by atoms with Crippen molar-refractivity contribution in [3.8, 4) is 0 Å². The minimum absolute atomic E-state index is 0.00103. The summed E-state index contributed by atoms with van der Waals surface area (Å²) in [4.78, 5) is 32.6. The molecule has 6 heteroatoms. The van der Waals surface area contributed by atoms with Crippen LogP contribution < -0.4 is 10.6 Å². The second-order valence-electron chi connectivity index (χ2n) is 3.72. The van der Waals surface area contributed by atoms with Crippen LogP contribution in [0.4, 0.5) is 10.5 Å². The van der Waals surface area contributed by atoms with E-state index in [-0.39, 0.29) is 24.3 Å². The molecule has 0 aromatic heterocycles. The van der Waals surface area contributed by atoms with Crippen LogP contribution in [0.2, 0.25) is 0 Å². The number of ketones is 1. The van der Waals surface area contributed by atoms with Gasteiger partial charge in [0.2, 0.25) is 0 Å². The summed E-state index contributed by atoms with van der Waals surface area (Å²) in [6, 6.07) is 5.35. The summed E-state index contributed by atoms with van der Waals surface area (Å²) in [6.45, 7) is 1.72. The van der Waals surface area contributed by atoms with Gasteiger partial charge in [-0.1, -0.05) is 0 Å². The molecule has 0 bridgehead atoms. The first-order chi connectivity index (χ1) is 8.49. The van der Waals surface area contributed by atoms with Gasteiger partial charge in [-0.25, -0.2) is 9.59 Å². The fraction of sp³-hybridized carbons (Fsp3) is 0.250. The second kappa shape index (κ2) is 6.39. The van der Waals surface area contributed by atoms with Gasteiger partial charge < -0.3 is 15.7 Å². The Balaban J connectivity index is 2.44. The van der Waals surface area contributed by atoms with Crippen molar-refractivity contribution in [3.63, 3.8) is 0 Å². The van der Waals surface area contributed by atoms with Crippen LogP contribution in [-0.2, 0) is 4.79 Å². The average Bonchev–Trinajstić information content (AvgIpc) is 2.29. The first kappa shape index (κ1) is 13.7. The Morgan fingerprint density at radius 1 is 1.17 bits per heavy atom. The molecule has 18 heavy (non-hydrogen) atoms. The molecule has 3 N–H and O–H groups in total. The molecule has 0 aliphatic carbocycles. The number of anilines is 1. The maximum absolute atomic E-state index is 11.4. The normalized spacial score (nSPS) is 9.61. The third-order valence-corrected chi connectivity index (χ3v) is 2.15. The SMILES string of the molecule is CC(=O)CCNC(=O)Nc1ccc(C(=O)O)cc1. The number of amides is 2. The average molecular weight is 250 g/mol. The lowest BCUT2D eigenvalue weighted by Gasteiger charge is -2.06. The Bertz CT molecular complexity index is 454. The van der Waals surface area contributed by atoms with Crippen molar-refractivity contribution in [2.24, 2.45) is 0 Å². The minimum atomic E-state index is -1.02. The van der Waals surface area contributed by atoms with E-state index in [9.17, 15) is 14.4 Å². The van der Waals surface area contributed by atoms with Crippen molar-refractivity contribution in [2.45, 2.75) is 13.3 Å². The van der Waals surface area contributed by atoms with Crippen LogP contribution >= 0.6 is 0 Å². The van der Waals surface area contributed by atoms with E-state index in [4.69, 9.17) is 5.11 Å². The molecule has 1 aromatic rings. The summed E-state index contributed by atoms with van der Waals surface area (Å²) in [6.07, 6.45) is 0.283. The van der Waals surface area contributed by atoms with Crippen LogP contribution in [0.15, 0.2) is 24.3 Å². The number of carbonyl (C=O) groups excluding carboxylic acids is 2. The highest BCUT2D eigenvalue weighted by atomic mass is 16.4. The Hall–Kier alpha value is -2.37. The fourth-order valence-corrected chi connectivity index (χ4v) is 1.22. The molecule has 1 aromatic carbocycles. The van der Waals surface area contributed by atoms with Gasteiger partial charge in [0.25, 0.3) is 0 Å². The third-order valence-electron chi connectivity index (χ3n) is 2.15. The lowest BCUT2D eigenvalue weighted by molar-refractivity contribution is -0.116. The molecule has 0 aliphatic heterocycles. The zero-order valence-electron chi connectivity index (χ0n) is 9.90. The summed E-state index contributed by atoms with van der Waals surface area (Å²) in [5.74, 6) is -1.02. The molecular weight excluding hydrogens is 236 g/mol. The standard InChI is InChI=1S/C12H14N2O4/c1-8(15)6-7-13-12(18)14-10-4-2-9(3-5-10)11(16)17/h2-5H,6-7H2,1H3,(H,16,17)(H2,13,14,18). The molecule has 0 saturated heterocycles. The van der Waals surface area contributed by atoms with Crippen molar-refractivity contribution in [1.82, 2.24) is 5.32 Å². The number of hydrogen-bond acceptors (Lipinski definition) is 3. The summed E-state index contributed by atoms with van der Waals surface area (Å²) in [7, 11) is 0. The van der Waals surface area contributed by atoms with Gasteiger partial charge in [0.05, 0.1) is 5.56 Å². The van der Waals surface area contributed by atoms with Gasteiger partial charge in [-0.2, -0.15) is 0 Å². The Kier molecular flexibility index (Phi) is 4.86. The van der Waals surface area contributed by atoms with E-state index in [0.717, 1.165) is 0 Å². The second-order valence-corrected chi connectivity index (χ2v) is 3.72. The van der Waals surface area contributed by atoms with Gasteiger partial charge in [0.15, 0.2) is 0 Å². The lowest BCUT2D eigenvalue weighted by atomic mass is 10.2. The van der Waals surface area contributed by atoms with Crippen LogP contribution in [0.1, 0.15) is 23.7 Å². The molecule has 6 nitrogen and oxygen atoms in total. The van der Waals surface area contributed by atoms with E-state index in [2.05, 4.69) is 10.6 Å². The van der Waals surface area contributed by atoms with Gasteiger partial charge in [0.1, 0.15) is 5.78 Å². The number of carboxylic acids is 1. The van der Waals surface area contributed by atoms with Gasteiger partial charge in [-0.05, 0) is 31.2 Å². The number of carbonyl (C=O) groups is 3. The molecule has 1 rings (SSSR count). The first-order valence-corrected chi connectivity index (χ1v) is 5.36. The molecular formula is C12H14N2O4. The summed E-state index contributed by atoms with van der Waals surface area (Å²) in [5, 5.41) is 13.7. The quantitative estimate of drug-likeness (QED) is 0.737. The number of urea groups is 1. The topological polar surface area (TPSA) is 95.5 Å². The van der Waals surface area contributed by atoms with Gasteiger partial charge in [0, 0.05) is 18.7 Å². The van der Waals surface area contributed by atoms with E-state index in [1.54, 1.807) is 0 Å². The number of rotatable bonds is 5. The van der Waals surface area contributed by atoms with Crippen LogP contribution in [0.5, 0.6) is 0 Å². The highest BCUT2D eigenvalue weighted by Crippen LogP contribution is 2.09. The Morgan fingerprint density at radius 3 is 2.28 bits per heavy atom. The molecule has 0 spiro atoms. The molecule has 0 fully saturated rings. The highest BCUT2D eigenvalue weighted by molar-refractivity contribution is 5.91. The van der Waals surface area contributed by atoms with Crippen molar-refractivity contribution in [1.29, 1.82) is 0 Å². The van der Waals surface area contributed by atoms with Crippen LogP contribution in [0.3, 0.4) is 0 Å². The monoisotopic (exact) mass is 250 g/mol. The van der Waals surface area contributed by atoms with Gasteiger partial charge in [-0.3, -0.25) is 4.79 Å². The molecule has 0 saturated carbocycles. The Labute approximate surface area is 104 Å². The van der Waals surface area contributed by atoms with Crippen LogP contribution in [-0.4, -0.2) is 29.4 Å². The number of carboxylic acid groups (broad SMARTS) is 1. The van der Waals surface area contributed by atoms with Crippen LogP contribution in [0.25, 0.3) is 0 Å². The number of hydrogen-bond donors (Lipinski definition) is 3. The number of nitrogens with one attached hydrogen (secondary N) is 2. The number of benzene rings is 1. The van der Waals surface area contributed by atoms with Gasteiger partial charge in [-0.15, -0.1) is 0 Å².